The fraction of sp³-hybridized carbons (Fsp3) is 1.00. The third kappa shape index (κ3) is 4.84. The van der Waals surface area contributed by atoms with Gasteiger partial charge in [-0.25, -0.2) is 0 Å². The van der Waals surface area contributed by atoms with E-state index in [1.807, 2.05) is 0 Å². The van der Waals surface area contributed by atoms with E-state index in [1.165, 1.54) is 32.2 Å². The fourth-order valence-corrected chi connectivity index (χ4v) is 2.89. The highest BCUT2D eigenvalue weighted by Gasteiger charge is 2.19. The predicted octanol–water partition coefficient (Wildman–Crippen LogP) is 1.26. The minimum atomic E-state index is 0.460. The average Bonchev–Trinajstić information content (AvgIpc) is 2.89. The maximum Gasteiger partial charge on any atom is 0.0702 e. The molecule has 18 heavy (non-hydrogen) atoms. The van der Waals surface area contributed by atoms with E-state index in [0.29, 0.717) is 12.2 Å². The van der Waals surface area contributed by atoms with Gasteiger partial charge in [0.1, 0.15) is 0 Å². The summed E-state index contributed by atoms with van der Waals surface area (Å²) in [5, 5.41) is 3.51. The molecule has 0 spiro atoms. The van der Waals surface area contributed by atoms with E-state index in [-0.39, 0.29) is 0 Å². The summed E-state index contributed by atoms with van der Waals surface area (Å²) in [7, 11) is 0. The first-order valence-electron chi connectivity index (χ1n) is 7.54. The van der Waals surface area contributed by atoms with Gasteiger partial charge in [-0.1, -0.05) is 0 Å². The summed E-state index contributed by atoms with van der Waals surface area (Å²) in [4.78, 5) is 2.52. The molecule has 2 rings (SSSR count). The van der Waals surface area contributed by atoms with Gasteiger partial charge in [-0.3, -0.25) is 4.90 Å². The maximum absolute atomic E-state index is 5.72. The van der Waals surface area contributed by atoms with Gasteiger partial charge in [-0.2, -0.15) is 0 Å². The molecular weight excluding hydrogens is 228 g/mol. The van der Waals surface area contributed by atoms with Crippen molar-refractivity contribution in [3.8, 4) is 0 Å². The van der Waals surface area contributed by atoms with Crippen molar-refractivity contribution < 1.29 is 9.47 Å². The van der Waals surface area contributed by atoms with Crippen LogP contribution in [0.5, 0.6) is 0 Å². The topological polar surface area (TPSA) is 33.7 Å². The van der Waals surface area contributed by atoms with E-state index in [0.717, 1.165) is 39.4 Å². The van der Waals surface area contributed by atoms with Crippen LogP contribution in [-0.4, -0.2) is 63.0 Å². The zero-order valence-electron chi connectivity index (χ0n) is 11.7. The van der Waals surface area contributed by atoms with Crippen molar-refractivity contribution >= 4 is 0 Å². The van der Waals surface area contributed by atoms with Gasteiger partial charge in [-0.15, -0.1) is 0 Å². The Kier molecular flexibility index (Phi) is 6.41. The molecule has 4 nitrogen and oxygen atoms in total. The van der Waals surface area contributed by atoms with Crippen LogP contribution in [0.4, 0.5) is 0 Å². The van der Waals surface area contributed by atoms with Gasteiger partial charge in [-0.05, 0) is 39.2 Å². The van der Waals surface area contributed by atoms with Crippen LogP contribution >= 0.6 is 0 Å². The molecule has 2 aliphatic rings. The van der Waals surface area contributed by atoms with Crippen molar-refractivity contribution in [3.05, 3.63) is 0 Å². The Morgan fingerprint density at radius 3 is 3.06 bits per heavy atom. The summed E-state index contributed by atoms with van der Waals surface area (Å²) in [6.07, 6.45) is 5.88. The maximum atomic E-state index is 5.72. The number of hydrogen-bond donors (Lipinski definition) is 1. The molecule has 4 heteroatoms. The van der Waals surface area contributed by atoms with E-state index in [1.54, 1.807) is 0 Å². The highest BCUT2D eigenvalue weighted by atomic mass is 16.5. The molecule has 0 aromatic rings. The first-order chi connectivity index (χ1) is 8.88. The molecule has 2 saturated heterocycles. The summed E-state index contributed by atoms with van der Waals surface area (Å²) in [6.45, 7) is 9.44. The second-order valence-corrected chi connectivity index (χ2v) is 5.36. The van der Waals surface area contributed by atoms with Crippen LogP contribution in [0.25, 0.3) is 0 Å². The summed E-state index contributed by atoms with van der Waals surface area (Å²) in [5.41, 5.74) is 0. The lowest BCUT2D eigenvalue weighted by molar-refractivity contribution is 0.00611. The van der Waals surface area contributed by atoms with Crippen molar-refractivity contribution in [1.29, 1.82) is 0 Å². The van der Waals surface area contributed by atoms with Crippen molar-refractivity contribution in [2.24, 2.45) is 0 Å². The van der Waals surface area contributed by atoms with Crippen molar-refractivity contribution in [2.45, 2.75) is 44.8 Å². The molecule has 0 aromatic heterocycles. The van der Waals surface area contributed by atoms with E-state index in [2.05, 4.69) is 17.1 Å². The monoisotopic (exact) mass is 256 g/mol. The lowest BCUT2D eigenvalue weighted by atomic mass is 10.1. The van der Waals surface area contributed by atoms with Gasteiger partial charge < -0.3 is 14.8 Å². The normalized spacial score (nSPS) is 29.8. The molecule has 2 heterocycles. The molecule has 106 valence electrons. The van der Waals surface area contributed by atoms with Crippen LogP contribution in [0.15, 0.2) is 0 Å². The Bertz CT molecular complexity index is 218. The number of nitrogens with one attached hydrogen (secondary N) is 1. The number of piperidine rings is 1. The number of hydrogen-bond acceptors (Lipinski definition) is 4. The zero-order chi connectivity index (χ0) is 12.6. The SMILES string of the molecule is CCOC1CCCN(CCNCC2CCCO2)C1. The summed E-state index contributed by atoms with van der Waals surface area (Å²) < 4.78 is 11.3. The Morgan fingerprint density at radius 2 is 2.28 bits per heavy atom. The molecule has 0 aromatic carbocycles. The molecule has 1 N–H and O–H groups in total. The molecule has 2 aliphatic heterocycles. The predicted molar refractivity (Wildman–Crippen MR) is 72.9 cm³/mol. The summed E-state index contributed by atoms with van der Waals surface area (Å²) in [5.74, 6) is 0. The minimum Gasteiger partial charge on any atom is -0.377 e. The quantitative estimate of drug-likeness (QED) is 0.695. The first kappa shape index (κ1) is 14.3. The van der Waals surface area contributed by atoms with Gasteiger partial charge in [0.2, 0.25) is 0 Å². The highest BCUT2D eigenvalue weighted by Crippen LogP contribution is 2.13. The lowest BCUT2D eigenvalue weighted by Crippen LogP contribution is -2.43. The summed E-state index contributed by atoms with van der Waals surface area (Å²) >= 11 is 0. The van der Waals surface area contributed by atoms with Gasteiger partial charge >= 0.3 is 0 Å². The van der Waals surface area contributed by atoms with Gasteiger partial charge in [0.25, 0.3) is 0 Å². The molecule has 2 fully saturated rings. The fourth-order valence-electron chi connectivity index (χ4n) is 2.89. The lowest BCUT2D eigenvalue weighted by Gasteiger charge is -2.32. The van der Waals surface area contributed by atoms with Gasteiger partial charge in [0.15, 0.2) is 0 Å². The van der Waals surface area contributed by atoms with Gasteiger partial charge in [0.05, 0.1) is 12.2 Å². The van der Waals surface area contributed by atoms with Gasteiger partial charge in [0, 0.05) is 39.4 Å². The third-order valence-corrected chi connectivity index (χ3v) is 3.87. The molecule has 0 amide bonds. The van der Waals surface area contributed by atoms with Crippen molar-refractivity contribution in [2.75, 3.05) is 45.9 Å². The van der Waals surface area contributed by atoms with Crippen LogP contribution in [0.3, 0.4) is 0 Å². The number of rotatable bonds is 7. The Balaban J connectivity index is 1.52. The van der Waals surface area contributed by atoms with E-state index < -0.39 is 0 Å². The van der Waals surface area contributed by atoms with E-state index in [4.69, 9.17) is 9.47 Å². The molecule has 0 aliphatic carbocycles. The Hall–Kier alpha value is -0.160. The van der Waals surface area contributed by atoms with E-state index in [9.17, 15) is 0 Å². The Labute approximate surface area is 111 Å². The molecule has 2 atom stereocenters. The molecule has 0 bridgehead atoms. The second kappa shape index (κ2) is 8.10. The molecule has 0 saturated carbocycles. The van der Waals surface area contributed by atoms with Crippen LogP contribution in [0.2, 0.25) is 0 Å². The molecule has 2 unspecified atom stereocenters. The highest BCUT2D eigenvalue weighted by molar-refractivity contribution is 4.74. The van der Waals surface area contributed by atoms with E-state index >= 15 is 0 Å². The van der Waals surface area contributed by atoms with Crippen LogP contribution in [0, 0.1) is 0 Å². The second-order valence-electron chi connectivity index (χ2n) is 5.36. The number of likely N-dealkylation sites (tertiary alicyclic amines) is 1. The smallest absolute Gasteiger partial charge is 0.0702 e. The minimum absolute atomic E-state index is 0.460. The Morgan fingerprint density at radius 1 is 1.33 bits per heavy atom. The largest absolute Gasteiger partial charge is 0.377 e. The van der Waals surface area contributed by atoms with Crippen LogP contribution < -0.4 is 5.32 Å². The average molecular weight is 256 g/mol. The third-order valence-electron chi connectivity index (χ3n) is 3.87. The van der Waals surface area contributed by atoms with Crippen LogP contribution in [-0.2, 0) is 9.47 Å². The zero-order valence-corrected chi connectivity index (χ0v) is 11.7. The standard InChI is InChI=1S/C14H28N2O2/c1-2-17-14-5-3-8-16(12-14)9-7-15-11-13-6-4-10-18-13/h13-15H,2-12H2,1H3. The number of nitrogens with zero attached hydrogens (tertiary/aromatic N) is 1. The summed E-state index contributed by atoms with van der Waals surface area (Å²) in [6, 6.07) is 0. The van der Waals surface area contributed by atoms with Crippen molar-refractivity contribution in [1.82, 2.24) is 10.2 Å². The van der Waals surface area contributed by atoms with Crippen LogP contribution in [0.1, 0.15) is 32.6 Å². The van der Waals surface area contributed by atoms with Crippen molar-refractivity contribution in [3.63, 3.8) is 0 Å². The number of ether oxygens (including phenoxy) is 2. The molecule has 0 radical (unpaired) electrons. The first-order valence-corrected chi connectivity index (χ1v) is 7.54. The molecular formula is C14H28N2O2.